The molecule has 0 aliphatic rings. The largest absolute Gasteiger partial charge is 0.453 e. The third-order valence-corrected chi connectivity index (χ3v) is 2.32. The molecule has 0 rings (SSSR count). The van der Waals surface area contributed by atoms with Gasteiger partial charge in [0.25, 0.3) is 0 Å². The molecular formula is C11H21NO4. The number of Topliss-reactive ketones (excluding diaryl/α,β-unsaturated/α-hetero) is 1. The third kappa shape index (κ3) is 4.18. The predicted molar refractivity (Wildman–Crippen MR) is 60.3 cm³/mol. The highest BCUT2D eigenvalue weighted by atomic mass is 16.5. The Balaban J connectivity index is 4.81. The van der Waals surface area contributed by atoms with E-state index in [-0.39, 0.29) is 5.78 Å². The van der Waals surface area contributed by atoms with E-state index in [1.165, 1.54) is 14.2 Å². The maximum absolute atomic E-state index is 12.1. The van der Waals surface area contributed by atoms with Gasteiger partial charge in [-0.05, 0) is 6.92 Å². The highest BCUT2D eigenvalue weighted by Crippen LogP contribution is 2.19. The van der Waals surface area contributed by atoms with Crippen LogP contribution in [-0.2, 0) is 14.3 Å². The van der Waals surface area contributed by atoms with Crippen LogP contribution in [0, 0.1) is 5.41 Å². The highest BCUT2D eigenvalue weighted by molar-refractivity contribution is 5.91. The molecule has 0 unspecified atom stereocenters. The highest BCUT2D eigenvalue weighted by Gasteiger charge is 2.34. The van der Waals surface area contributed by atoms with Gasteiger partial charge in [0.05, 0.1) is 13.2 Å². The first kappa shape index (κ1) is 14.9. The zero-order valence-corrected chi connectivity index (χ0v) is 10.8. The molecule has 16 heavy (non-hydrogen) atoms. The van der Waals surface area contributed by atoms with Gasteiger partial charge >= 0.3 is 6.09 Å². The Bertz CT molecular complexity index is 257. The van der Waals surface area contributed by atoms with E-state index >= 15 is 0 Å². The van der Waals surface area contributed by atoms with Crippen LogP contribution in [0.5, 0.6) is 0 Å². The fourth-order valence-corrected chi connectivity index (χ4v) is 1.18. The van der Waals surface area contributed by atoms with Crippen molar-refractivity contribution >= 4 is 11.9 Å². The maximum Gasteiger partial charge on any atom is 0.407 e. The lowest BCUT2D eigenvalue weighted by molar-refractivity contribution is -0.131. The first-order chi connectivity index (χ1) is 7.23. The lowest BCUT2D eigenvalue weighted by Gasteiger charge is -2.28. The summed E-state index contributed by atoms with van der Waals surface area (Å²) in [6.45, 7) is 7.11. The molecule has 0 aliphatic heterocycles. The number of carbonyl (C=O) groups excluding carboxylic acids is 2. The van der Waals surface area contributed by atoms with Crippen LogP contribution in [0.2, 0.25) is 0 Å². The van der Waals surface area contributed by atoms with Crippen molar-refractivity contribution in [2.75, 3.05) is 14.2 Å². The van der Waals surface area contributed by atoms with Crippen molar-refractivity contribution in [2.24, 2.45) is 5.41 Å². The number of amides is 1. The molecule has 5 nitrogen and oxygen atoms in total. The number of rotatable bonds is 4. The van der Waals surface area contributed by atoms with E-state index in [2.05, 4.69) is 10.1 Å². The third-order valence-electron chi connectivity index (χ3n) is 2.32. The molecule has 0 fully saturated rings. The number of alkyl carbamates (subject to hydrolysis) is 1. The van der Waals surface area contributed by atoms with E-state index in [9.17, 15) is 9.59 Å². The standard InChI is InChI=1S/C11H21NO4/c1-7(15-5)8(12-10(14)16-6)9(13)11(2,3)4/h7-8H,1-6H3,(H,12,14)/t7-,8-/m0/s1. The lowest BCUT2D eigenvalue weighted by Crippen LogP contribution is -2.52. The minimum atomic E-state index is -0.697. The number of methoxy groups -OCH3 is 2. The zero-order valence-electron chi connectivity index (χ0n) is 10.8. The predicted octanol–water partition coefficient (Wildman–Crippen LogP) is 1.36. The van der Waals surface area contributed by atoms with Crippen molar-refractivity contribution in [3.63, 3.8) is 0 Å². The summed E-state index contributed by atoms with van der Waals surface area (Å²) in [6.07, 6.45) is -1.03. The van der Waals surface area contributed by atoms with Crippen LogP contribution in [0.25, 0.3) is 0 Å². The molecule has 5 heteroatoms. The van der Waals surface area contributed by atoms with Crippen LogP contribution >= 0.6 is 0 Å². The number of hydrogen-bond donors (Lipinski definition) is 1. The Morgan fingerprint density at radius 2 is 1.69 bits per heavy atom. The monoisotopic (exact) mass is 231 g/mol. The van der Waals surface area contributed by atoms with Gasteiger partial charge in [0.2, 0.25) is 0 Å². The minimum absolute atomic E-state index is 0.0905. The molecule has 0 heterocycles. The Kier molecular flexibility index (Phi) is 5.44. The van der Waals surface area contributed by atoms with Crippen LogP contribution in [0.1, 0.15) is 27.7 Å². The molecule has 0 aromatic carbocycles. The van der Waals surface area contributed by atoms with Crippen LogP contribution < -0.4 is 5.32 Å². The second-order valence-electron chi connectivity index (χ2n) is 4.67. The van der Waals surface area contributed by atoms with Crippen molar-refractivity contribution in [1.29, 1.82) is 0 Å². The van der Waals surface area contributed by atoms with Gasteiger partial charge in [0.15, 0.2) is 5.78 Å². The Hall–Kier alpha value is -1.10. The van der Waals surface area contributed by atoms with Gasteiger partial charge in [-0.25, -0.2) is 4.79 Å². The lowest BCUT2D eigenvalue weighted by atomic mass is 9.85. The molecule has 94 valence electrons. The van der Waals surface area contributed by atoms with Gasteiger partial charge < -0.3 is 14.8 Å². The topological polar surface area (TPSA) is 64.6 Å². The molecule has 0 spiro atoms. The van der Waals surface area contributed by atoms with E-state index in [1.54, 1.807) is 27.7 Å². The van der Waals surface area contributed by atoms with E-state index in [4.69, 9.17) is 4.74 Å². The van der Waals surface area contributed by atoms with Crippen molar-refractivity contribution in [3.8, 4) is 0 Å². The number of carbonyl (C=O) groups is 2. The summed E-state index contributed by atoms with van der Waals surface area (Å²) in [5, 5.41) is 2.49. The van der Waals surface area contributed by atoms with E-state index in [0.29, 0.717) is 0 Å². The number of hydrogen-bond acceptors (Lipinski definition) is 4. The molecule has 0 bridgehead atoms. The number of ether oxygens (including phenoxy) is 2. The zero-order chi connectivity index (χ0) is 12.9. The molecule has 0 saturated carbocycles. The molecule has 1 amide bonds. The van der Waals surface area contributed by atoms with Crippen molar-refractivity contribution in [3.05, 3.63) is 0 Å². The minimum Gasteiger partial charge on any atom is -0.453 e. The molecular weight excluding hydrogens is 210 g/mol. The van der Waals surface area contributed by atoms with Gasteiger partial charge in [-0.2, -0.15) is 0 Å². The summed E-state index contributed by atoms with van der Waals surface area (Å²) in [6, 6.07) is -0.697. The summed E-state index contributed by atoms with van der Waals surface area (Å²) in [5.41, 5.74) is -0.543. The van der Waals surface area contributed by atoms with Crippen molar-refractivity contribution in [2.45, 2.75) is 39.8 Å². The maximum atomic E-state index is 12.1. The number of ketones is 1. The second kappa shape index (κ2) is 5.84. The van der Waals surface area contributed by atoms with Crippen molar-refractivity contribution < 1.29 is 19.1 Å². The van der Waals surface area contributed by atoms with Crippen molar-refractivity contribution in [1.82, 2.24) is 5.32 Å². The average molecular weight is 231 g/mol. The molecule has 0 aromatic heterocycles. The van der Waals surface area contributed by atoms with Crippen LogP contribution in [-0.4, -0.2) is 38.2 Å². The molecule has 0 radical (unpaired) electrons. The summed E-state index contributed by atoms with van der Waals surface area (Å²) in [4.78, 5) is 23.2. The van der Waals surface area contributed by atoms with E-state index in [0.717, 1.165) is 0 Å². The molecule has 0 aliphatic carbocycles. The first-order valence-corrected chi connectivity index (χ1v) is 5.15. The second-order valence-corrected chi connectivity index (χ2v) is 4.67. The average Bonchev–Trinajstić information content (AvgIpc) is 2.22. The van der Waals surface area contributed by atoms with Crippen LogP contribution in [0.3, 0.4) is 0 Å². The smallest absolute Gasteiger partial charge is 0.407 e. The van der Waals surface area contributed by atoms with Gasteiger partial charge in [-0.1, -0.05) is 20.8 Å². The van der Waals surface area contributed by atoms with Crippen LogP contribution in [0.15, 0.2) is 0 Å². The normalized spacial score (nSPS) is 15.1. The van der Waals surface area contributed by atoms with E-state index in [1.807, 2.05) is 0 Å². The fraction of sp³-hybridized carbons (Fsp3) is 0.818. The van der Waals surface area contributed by atoms with Gasteiger partial charge in [-0.15, -0.1) is 0 Å². The quantitative estimate of drug-likeness (QED) is 0.793. The van der Waals surface area contributed by atoms with Gasteiger partial charge in [-0.3, -0.25) is 4.79 Å². The fourth-order valence-electron chi connectivity index (χ4n) is 1.18. The molecule has 0 aromatic rings. The summed E-state index contributed by atoms with van der Waals surface area (Å²) >= 11 is 0. The van der Waals surface area contributed by atoms with Gasteiger partial charge in [0, 0.05) is 12.5 Å². The van der Waals surface area contributed by atoms with E-state index < -0.39 is 23.7 Å². The number of nitrogens with one attached hydrogen (secondary N) is 1. The van der Waals surface area contributed by atoms with Gasteiger partial charge in [0.1, 0.15) is 6.04 Å². The summed E-state index contributed by atoms with van der Waals surface area (Å²) in [5.74, 6) is -0.0905. The molecule has 2 atom stereocenters. The first-order valence-electron chi connectivity index (χ1n) is 5.15. The molecule has 0 saturated heterocycles. The van der Waals surface area contributed by atoms with Crippen LogP contribution in [0.4, 0.5) is 4.79 Å². The molecule has 1 N–H and O–H groups in total. The Labute approximate surface area is 96.5 Å². The summed E-state index contributed by atoms with van der Waals surface area (Å²) < 4.78 is 9.56. The Morgan fingerprint density at radius 1 is 1.19 bits per heavy atom. The SMILES string of the molecule is COC(=O)N[C@H](C(=O)C(C)(C)C)[C@H](C)OC. The summed E-state index contributed by atoms with van der Waals surface area (Å²) in [7, 11) is 2.75. The Morgan fingerprint density at radius 3 is 2.00 bits per heavy atom.